The number of nitrogens with zero attached hydrogens (tertiary/aromatic N) is 4. The van der Waals surface area contributed by atoms with Crippen LogP contribution in [0, 0.1) is 6.92 Å². The molecule has 1 aliphatic heterocycles. The van der Waals surface area contributed by atoms with Crippen LogP contribution in [0.1, 0.15) is 19.5 Å². The molecule has 1 aromatic heterocycles. The largest absolute Gasteiger partial charge is 0.497 e. The smallest absolute Gasteiger partial charge is 0.230 e. The predicted octanol–water partition coefficient (Wildman–Crippen LogP) is 1.31. The number of hydrogen-bond acceptors (Lipinski definition) is 8. The molecule has 0 radical (unpaired) electrons. The van der Waals surface area contributed by atoms with Gasteiger partial charge in [0.25, 0.3) is 0 Å². The minimum absolute atomic E-state index is 0.0728. The molecule has 8 heteroatoms. The lowest BCUT2D eigenvalue weighted by atomic mass is 10.1. The Morgan fingerprint density at radius 2 is 2.16 bits per heavy atom. The normalized spacial score (nSPS) is 15.6. The first kappa shape index (κ1) is 17.4. The van der Waals surface area contributed by atoms with Crippen LogP contribution >= 0.6 is 0 Å². The van der Waals surface area contributed by atoms with Crippen LogP contribution in [0.5, 0.6) is 5.75 Å². The van der Waals surface area contributed by atoms with Gasteiger partial charge in [-0.3, -0.25) is 10.2 Å². The van der Waals surface area contributed by atoms with Crippen molar-refractivity contribution in [2.45, 2.75) is 26.3 Å². The van der Waals surface area contributed by atoms with Gasteiger partial charge >= 0.3 is 0 Å². The van der Waals surface area contributed by atoms with Crippen molar-refractivity contribution in [3.05, 3.63) is 23.9 Å². The van der Waals surface area contributed by atoms with E-state index in [2.05, 4.69) is 30.5 Å². The third kappa shape index (κ3) is 3.64. The van der Waals surface area contributed by atoms with Crippen LogP contribution < -0.4 is 15.4 Å². The molecule has 0 saturated heterocycles. The van der Waals surface area contributed by atoms with E-state index in [0.29, 0.717) is 25.2 Å². The molecule has 0 aliphatic carbocycles. The second-order valence-corrected chi connectivity index (χ2v) is 6.63. The van der Waals surface area contributed by atoms with Crippen LogP contribution in [0.3, 0.4) is 0 Å². The number of guanidine groups is 1. The first-order chi connectivity index (χ1) is 11.9. The zero-order valence-electron chi connectivity index (χ0n) is 15.0. The second-order valence-electron chi connectivity index (χ2n) is 6.63. The number of aromatic nitrogens is 2. The molecule has 2 aromatic rings. The maximum atomic E-state index is 9.45. The van der Waals surface area contributed by atoms with E-state index in [9.17, 15) is 5.11 Å². The van der Waals surface area contributed by atoms with Crippen molar-refractivity contribution in [1.29, 1.82) is 0 Å². The average Bonchev–Trinajstić information content (AvgIpc) is 2.62. The molecule has 0 amide bonds. The molecule has 3 rings (SSSR count). The van der Waals surface area contributed by atoms with Gasteiger partial charge in [-0.2, -0.15) is 0 Å². The highest BCUT2D eigenvalue weighted by atomic mass is 16.5. The third-order valence-electron chi connectivity index (χ3n) is 4.40. The first-order valence-electron chi connectivity index (χ1n) is 8.16. The molecule has 8 nitrogen and oxygen atoms in total. The molecule has 1 aromatic carbocycles. The van der Waals surface area contributed by atoms with Crippen LogP contribution in [-0.2, 0) is 0 Å². The molecule has 0 atom stereocenters. The number of benzene rings is 1. The van der Waals surface area contributed by atoms with E-state index < -0.39 is 0 Å². The molecule has 0 unspecified atom stereocenters. The summed E-state index contributed by atoms with van der Waals surface area (Å²) in [5.74, 6) is 1.90. The van der Waals surface area contributed by atoms with Crippen molar-refractivity contribution in [1.82, 2.24) is 20.2 Å². The molecule has 25 heavy (non-hydrogen) atoms. The number of aryl methyl sites for hydroxylation is 1. The predicted molar refractivity (Wildman–Crippen MR) is 97.8 cm³/mol. The summed E-state index contributed by atoms with van der Waals surface area (Å²) in [4.78, 5) is 15.6. The highest BCUT2D eigenvalue weighted by Crippen LogP contribution is 2.22. The van der Waals surface area contributed by atoms with Gasteiger partial charge in [-0.15, -0.1) is 0 Å². The number of aliphatic imine (C=N–C) groups is 1. The van der Waals surface area contributed by atoms with Crippen molar-refractivity contribution in [3.8, 4) is 5.75 Å². The quantitative estimate of drug-likeness (QED) is 0.769. The van der Waals surface area contributed by atoms with Crippen molar-refractivity contribution >= 4 is 22.8 Å². The zero-order chi connectivity index (χ0) is 18.0. The number of hydrogen-bond donors (Lipinski definition) is 3. The molecule has 1 aliphatic rings. The number of aliphatic hydroxyl groups excluding tert-OH is 1. The summed E-state index contributed by atoms with van der Waals surface area (Å²) in [6.45, 7) is 7.05. The van der Waals surface area contributed by atoms with Gasteiger partial charge in [0.2, 0.25) is 11.9 Å². The molecule has 0 spiro atoms. The Balaban J connectivity index is 1.78. The number of nitrogens with one attached hydrogen (secondary N) is 2. The second kappa shape index (κ2) is 6.81. The first-order valence-corrected chi connectivity index (χ1v) is 8.16. The SMILES string of the molecule is COc1ccc2nc(NC3=NCN(C(C)(C)CO)CN3)nc(C)c2c1. The van der Waals surface area contributed by atoms with Gasteiger partial charge in [-0.1, -0.05) is 0 Å². The van der Waals surface area contributed by atoms with Gasteiger partial charge in [0.05, 0.1) is 38.3 Å². The number of ether oxygens (including phenoxy) is 1. The Bertz CT molecular complexity index is 805. The Labute approximate surface area is 146 Å². The van der Waals surface area contributed by atoms with Gasteiger partial charge < -0.3 is 15.2 Å². The highest BCUT2D eigenvalue weighted by molar-refractivity contribution is 5.93. The van der Waals surface area contributed by atoms with Gasteiger partial charge in [-0.05, 0) is 39.0 Å². The van der Waals surface area contributed by atoms with Crippen molar-refractivity contribution in [2.75, 3.05) is 32.4 Å². The van der Waals surface area contributed by atoms with Gasteiger partial charge in [0, 0.05) is 10.9 Å². The highest BCUT2D eigenvalue weighted by Gasteiger charge is 2.27. The van der Waals surface area contributed by atoms with E-state index in [1.807, 2.05) is 39.0 Å². The molecule has 0 fully saturated rings. The Morgan fingerprint density at radius 1 is 1.36 bits per heavy atom. The topological polar surface area (TPSA) is 94.9 Å². The van der Waals surface area contributed by atoms with E-state index in [1.54, 1.807) is 7.11 Å². The zero-order valence-corrected chi connectivity index (χ0v) is 15.0. The molecule has 3 N–H and O–H groups in total. The minimum atomic E-state index is -0.322. The fraction of sp³-hybridized carbons (Fsp3) is 0.471. The molecule has 134 valence electrons. The summed E-state index contributed by atoms with van der Waals surface area (Å²) in [5.41, 5.74) is 1.39. The fourth-order valence-corrected chi connectivity index (χ4v) is 2.57. The Hall–Kier alpha value is -2.45. The summed E-state index contributed by atoms with van der Waals surface area (Å²) in [6, 6.07) is 5.72. The van der Waals surface area contributed by atoms with E-state index in [0.717, 1.165) is 22.3 Å². The van der Waals surface area contributed by atoms with Crippen molar-refractivity contribution in [3.63, 3.8) is 0 Å². The summed E-state index contributed by atoms with van der Waals surface area (Å²) in [5, 5.41) is 16.7. The lowest BCUT2D eigenvalue weighted by Gasteiger charge is -2.38. The molecule has 2 heterocycles. The molecular weight excluding hydrogens is 320 g/mol. The monoisotopic (exact) mass is 344 g/mol. The van der Waals surface area contributed by atoms with Crippen molar-refractivity contribution < 1.29 is 9.84 Å². The Kier molecular flexibility index (Phi) is 4.73. The fourth-order valence-electron chi connectivity index (χ4n) is 2.57. The van der Waals surface area contributed by atoms with E-state index in [-0.39, 0.29) is 12.1 Å². The van der Waals surface area contributed by atoms with Crippen LogP contribution in [0.25, 0.3) is 10.9 Å². The lowest BCUT2D eigenvalue weighted by Crippen LogP contribution is -2.55. The molecule has 0 saturated carbocycles. The van der Waals surface area contributed by atoms with E-state index >= 15 is 0 Å². The van der Waals surface area contributed by atoms with Crippen LogP contribution in [-0.4, -0.2) is 58.5 Å². The maximum absolute atomic E-state index is 9.45. The maximum Gasteiger partial charge on any atom is 0.230 e. The van der Waals surface area contributed by atoms with Crippen molar-refractivity contribution in [2.24, 2.45) is 4.99 Å². The summed E-state index contributed by atoms with van der Waals surface area (Å²) in [7, 11) is 1.64. The van der Waals surface area contributed by atoms with Gasteiger partial charge in [0.15, 0.2) is 0 Å². The number of methoxy groups -OCH3 is 1. The third-order valence-corrected chi connectivity index (χ3v) is 4.40. The summed E-state index contributed by atoms with van der Waals surface area (Å²) >= 11 is 0. The molecule has 0 bridgehead atoms. The minimum Gasteiger partial charge on any atom is -0.497 e. The average molecular weight is 344 g/mol. The molecular formula is C17H24N6O2. The van der Waals surface area contributed by atoms with Gasteiger partial charge in [-0.25, -0.2) is 15.0 Å². The number of anilines is 1. The van der Waals surface area contributed by atoms with Crippen LogP contribution in [0.2, 0.25) is 0 Å². The standard InChI is InChI=1S/C17H24N6O2/c1-11-13-7-12(25-4)5-6-14(13)21-16(20-11)22-15-18-9-23(10-19-15)17(2,3)8-24/h5-7,24H,8-10H2,1-4H3,(H2,18,19,20,21,22). The summed E-state index contributed by atoms with van der Waals surface area (Å²) < 4.78 is 5.25. The Morgan fingerprint density at radius 3 is 2.80 bits per heavy atom. The number of aliphatic hydroxyl groups is 1. The van der Waals surface area contributed by atoms with E-state index in [4.69, 9.17) is 4.74 Å². The van der Waals surface area contributed by atoms with Crippen LogP contribution in [0.4, 0.5) is 5.95 Å². The lowest BCUT2D eigenvalue weighted by molar-refractivity contribution is 0.0532. The number of rotatable bonds is 4. The number of fused-ring (bicyclic) bond motifs is 1. The van der Waals surface area contributed by atoms with Gasteiger partial charge in [0.1, 0.15) is 5.75 Å². The van der Waals surface area contributed by atoms with Crippen LogP contribution in [0.15, 0.2) is 23.2 Å². The summed E-state index contributed by atoms with van der Waals surface area (Å²) in [6.07, 6.45) is 0. The van der Waals surface area contributed by atoms with E-state index in [1.165, 1.54) is 0 Å².